The lowest BCUT2D eigenvalue weighted by molar-refractivity contribution is -0.0399. The quantitative estimate of drug-likeness (QED) is 0.161. The molecule has 0 unspecified atom stereocenters. The first-order valence-electron chi connectivity index (χ1n) is 24.8. The summed E-state index contributed by atoms with van der Waals surface area (Å²) < 4.78 is 0. The fourth-order valence-electron chi connectivity index (χ4n) is 15.1. The third-order valence-corrected chi connectivity index (χ3v) is 17.7. The van der Waals surface area contributed by atoms with Crippen LogP contribution >= 0.6 is 0 Å². The molecule has 1 heteroatoms. The summed E-state index contributed by atoms with van der Waals surface area (Å²) in [5.41, 5.74) is 23.7. The average Bonchev–Trinajstić information content (AvgIpc) is 3.80. The van der Waals surface area contributed by atoms with E-state index in [4.69, 9.17) is 0 Å². The summed E-state index contributed by atoms with van der Waals surface area (Å²) in [7, 11) is 0. The molecule has 0 atom stereocenters. The Balaban J connectivity index is 0.825. The number of anilines is 3. The molecule has 0 saturated heterocycles. The molecule has 0 N–H and O–H groups in total. The largest absolute Gasteiger partial charge is 0.311 e. The minimum absolute atomic E-state index is 0.149. The first-order valence-corrected chi connectivity index (χ1v) is 24.8. The summed E-state index contributed by atoms with van der Waals surface area (Å²) in [6.07, 6.45) is 13.6. The van der Waals surface area contributed by atoms with Crippen molar-refractivity contribution in [3.8, 4) is 55.6 Å². The Labute approximate surface area is 384 Å². The van der Waals surface area contributed by atoms with E-state index < -0.39 is 0 Å². The molecule has 8 aromatic carbocycles. The molecule has 7 aliphatic carbocycles. The molecule has 15 rings (SSSR count). The number of rotatable bonds is 6. The van der Waals surface area contributed by atoms with Crippen LogP contribution in [-0.2, 0) is 10.8 Å². The first-order chi connectivity index (χ1) is 32.1. The van der Waals surface area contributed by atoms with Gasteiger partial charge in [0.2, 0.25) is 0 Å². The first kappa shape index (κ1) is 37.9. The summed E-state index contributed by atoms with van der Waals surface area (Å²) in [6.45, 7) is 0. The van der Waals surface area contributed by atoms with E-state index in [1.807, 2.05) is 0 Å². The van der Waals surface area contributed by atoms with Gasteiger partial charge < -0.3 is 4.90 Å². The average molecular weight is 838 g/mol. The predicted molar refractivity (Wildman–Crippen MR) is 270 cm³/mol. The van der Waals surface area contributed by atoms with E-state index >= 15 is 0 Å². The van der Waals surface area contributed by atoms with Gasteiger partial charge in [-0.3, -0.25) is 0 Å². The van der Waals surface area contributed by atoms with Crippen LogP contribution in [0.5, 0.6) is 0 Å². The Morgan fingerprint density at radius 1 is 0.323 bits per heavy atom. The van der Waals surface area contributed by atoms with Crippen molar-refractivity contribution in [1.82, 2.24) is 0 Å². The van der Waals surface area contributed by atoms with Crippen molar-refractivity contribution in [3.05, 3.63) is 210 Å². The minimum atomic E-state index is 0.149. The van der Waals surface area contributed by atoms with Crippen LogP contribution in [0.2, 0.25) is 0 Å². The van der Waals surface area contributed by atoms with Crippen molar-refractivity contribution in [1.29, 1.82) is 0 Å². The summed E-state index contributed by atoms with van der Waals surface area (Å²) in [4.78, 5) is 2.43. The van der Waals surface area contributed by atoms with Crippen molar-refractivity contribution in [3.63, 3.8) is 0 Å². The molecule has 4 bridgehead atoms. The van der Waals surface area contributed by atoms with Gasteiger partial charge in [-0.1, -0.05) is 159 Å². The minimum Gasteiger partial charge on any atom is -0.311 e. The van der Waals surface area contributed by atoms with E-state index in [1.54, 1.807) is 22.3 Å². The van der Waals surface area contributed by atoms with Crippen LogP contribution < -0.4 is 4.90 Å². The van der Waals surface area contributed by atoms with Crippen LogP contribution in [0.25, 0.3) is 55.6 Å². The SMILES string of the molecule is c1ccc(-c2ccc(N(c3ccc(-c4ccc5c(c4)C4(CCCCC4)c4ccccc4-5)cc3)c3ccc(-c4ccc5c(c4)C4(c6ccccc6-5)C5CC6CC(C5)CC4C6)cc3)cc2)cc1. The zero-order valence-corrected chi connectivity index (χ0v) is 37.2. The zero-order chi connectivity index (χ0) is 42.7. The maximum absolute atomic E-state index is 2.62. The van der Waals surface area contributed by atoms with Gasteiger partial charge in [-0.05, 0) is 195 Å². The Morgan fingerprint density at radius 2 is 0.738 bits per heavy atom. The molecule has 2 spiro atoms. The van der Waals surface area contributed by atoms with Crippen LogP contribution in [0.4, 0.5) is 17.1 Å². The summed E-state index contributed by atoms with van der Waals surface area (Å²) in [5, 5.41) is 0. The number of hydrogen-bond acceptors (Lipinski definition) is 1. The molecule has 5 saturated carbocycles. The normalized spacial score (nSPS) is 23.6. The van der Waals surface area contributed by atoms with Gasteiger partial charge in [-0.2, -0.15) is 0 Å². The Bertz CT molecular complexity index is 3080. The Morgan fingerprint density at radius 3 is 1.31 bits per heavy atom. The van der Waals surface area contributed by atoms with E-state index in [0.29, 0.717) is 0 Å². The van der Waals surface area contributed by atoms with Crippen molar-refractivity contribution in [2.75, 3.05) is 4.90 Å². The third kappa shape index (κ3) is 5.64. The van der Waals surface area contributed by atoms with Crippen molar-refractivity contribution in [2.45, 2.75) is 75.0 Å². The summed E-state index contributed by atoms with van der Waals surface area (Å²) >= 11 is 0. The standard InChI is InChI=1S/C64H55N/c1-3-11-44(12-4-1)45-17-25-52(26-18-45)65(53-27-19-46(20-28-53)48-23-31-57-55-13-5-7-15-59(55)63(61(57)40-48)33-9-2-10-34-63)54-29-21-47(22-30-54)49-24-32-58-56-14-6-8-16-60(56)64(62(58)41-49)50-36-42-35-43(38-50)39-51(64)37-42/h1,3-8,11-32,40-43,50-51H,2,9-10,33-39H2. The maximum atomic E-state index is 2.62. The molecule has 0 amide bonds. The van der Waals surface area contributed by atoms with Crippen molar-refractivity contribution >= 4 is 17.1 Å². The highest BCUT2D eigenvalue weighted by atomic mass is 15.1. The van der Waals surface area contributed by atoms with E-state index in [0.717, 1.165) is 40.7 Å². The number of fused-ring (bicyclic) bond motifs is 8. The second kappa shape index (κ2) is 14.5. The number of nitrogens with zero attached hydrogens (tertiary/aromatic N) is 1. The van der Waals surface area contributed by atoms with Crippen LogP contribution in [-0.4, -0.2) is 0 Å². The molecule has 5 fully saturated rings. The summed E-state index contributed by atoms with van der Waals surface area (Å²) in [6, 6.07) is 72.1. The molecule has 0 heterocycles. The maximum Gasteiger partial charge on any atom is 0.0462 e. The van der Waals surface area contributed by atoms with E-state index in [1.165, 1.54) is 120 Å². The highest BCUT2D eigenvalue weighted by Gasteiger charge is 2.61. The van der Waals surface area contributed by atoms with E-state index in [-0.39, 0.29) is 10.8 Å². The van der Waals surface area contributed by atoms with Crippen LogP contribution in [0.1, 0.15) is 86.5 Å². The van der Waals surface area contributed by atoms with Gasteiger partial charge in [0.05, 0.1) is 0 Å². The van der Waals surface area contributed by atoms with Crippen molar-refractivity contribution in [2.24, 2.45) is 23.7 Å². The van der Waals surface area contributed by atoms with E-state index in [9.17, 15) is 0 Å². The molecular formula is C64H55N. The lowest BCUT2D eigenvalue weighted by Crippen LogP contribution is -2.55. The molecule has 0 radical (unpaired) electrons. The molecule has 0 aromatic heterocycles. The fourth-order valence-corrected chi connectivity index (χ4v) is 15.1. The van der Waals surface area contributed by atoms with Crippen molar-refractivity contribution < 1.29 is 0 Å². The van der Waals surface area contributed by atoms with Gasteiger partial charge in [-0.15, -0.1) is 0 Å². The van der Waals surface area contributed by atoms with Gasteiger partial charge in [0.25, 0.3) is 0 Å². The van der Waals surface area contributed by atoms with Crippen LogP contribution in [0.3, 0.4) is 0 Å². The second-order valence-corrected chi connectivity index (χ2v) is 20.8. The molecular weight excluding hydrogens is 783 g/mol. The Hall–Kier alpha value is -6.44. The molecule has 8 aromatic rings. The fraction of sp³-hybridized carbons (Fsp3) is 0.250. The van der Waals surface area contributed by atoms with Crippen LogP contribution in [0, 0.1) is 23.7 Å². The highest BCUT2D eigenvalue weighted by Crippen LogP contribution is 2.69. The molecule has 0 aliphatic heterocycles. The zero-order valence-electron chi connectivity index (χ0n) is 37.2. The molecule has 7 aliphatic rings. The van der Waals surface area contributed by atoms with Crippen LogP contribution in [0.15, 0.2) is 188 Å². The summed E-state index contributed by atoms with van der Waals surface area (Å²) in [5.74, 6) is 3.41. The van der Waals surface area contributed by atoms with Gasteiger partial charge in [0, 0.05) is 27.9 Å². The third-order valence-electron chi connectivity index (χ3n) is 17.7. The smallest absolute Gasteiger partial charge is 0.0462 e. The number of hydrogen-bond donors (Lipinski definition) is 0. The van der Waals surface area contributed by atoms with Gasteiger partial charge >= 0.3 is 0 Å². The molecule has 65 heavy (non-hydrogen) atoms. The topological polar surface area (TPSA) is 3.24 Å². The Kier molecular flexibility index (Phi) is 8.47. The number of benzene rings is 8. The van der Waals surface area contributed by atoms with E-state index in [2.05, 4.69) is 193 Å². The van der Waals surface area contributed by atoms with Gasteiger partial charge in [0.15, 0.2) is 0 Å². The molecule has 316 valence electrons. The van der Waals surface area contributed by atoms with Gasteiger partial charge in [-0.25, -0.2) is 0 Å². The lowest BCUT2D eigenvalue weighted by atomic mass is 9.43. The second-order valence-electron chi connectivity index (χ2n) is 20.8. The molecule has 1 nitrogen and oxygen atoms in total. The highest BCUT2D eigenvalue weighted by molar-refractivity contribution is 5.87. The lowest BCUT2D eigenvalue weighted by Gasteiger charge is -2.61. The monoisotopic (exact) mass is 837 g/mol. The predicted octanol–water partition coefficient (Wildman–Crippen LogP) is 17.1. The van der Waals surface area contributed by atoms with Gasteiger partial charge in [0.1, 0.15) is 0 Å².